The van der Waals surface area contributed by atoms with Gasteiger partial charge in [-0.2, -0.15) is 0 Å². The van der Waals surface area contributed by atoms with E-state index < -0.39 is 5.82 Å². The summed E-state index contributed by atoms with van der Waals surface area (Å²) in [6.45, 7) is 11.1. The van der Waals surface area contributed by atoms with Crippen LogP contribution in [0.3, 0.4) is 0 Å². The number of terminal acetylenes is 1. The largest absolute Gasteiger partial charge is 0.506 e. The molecule has 0 aromatic heterocycles. The monoisotopic (exact) mass is 417 g/mol. The van der Waals surface area contributed by atoms with Crippen LogP contribution in [0.25, 0.3) is 0 Å². The molecule has 1 aliphatic rings. The number of anilines is 1. The lowest BCUT2D eigenvalue weighted by Gasteiger charge is -2.13. The van der Waals surface area contributed by atoms with Gasteiger partial charge in [0.1, 0.15) is 17.3 Å². The SMILES string of the molecule is C#C.C=C(CNc1c(O)cc(CNC/C=C(\C=C/C)C2CC2)cc1F)NOC.CC. The highest BCUT2D eigenvalue weighted by atomic mass is 19.1. The molecule has 166 valence electrons. The van der Waals surface area contributed by atoms with E-state index in [9.17, 15) is 9.50 Å². The van der Waals surface area contributed by atoms with Gasteiger partial charge < -0.3 is 15.7 Å². The molecule has 0 radical (unpaired) electrons. The van der Waals surface area contributed by atoms with Gasteiger partial charge in [-0.05, 0) is 49.0 Å². The van der Waals surface area contributed by atoms with Crippen LogP contribution < -0.4 is 16.1 Å². The van der Waals surface area contributed by atoms with Gasteiger partial charge in [0.15, 0.2) is 0 Å². The maximum atomic E-state index is 14.2. The van der Waals surface area contributed by atoms with E-state index in [0.29, 0.717) is 30.3 Å². The number of phenols is 1. The van der Waals surface area contributed by atoms with Gasteiger partial charge in [0.25, 0.3) is 0 Å². The summed E-state index contributed by atoms with van der Waals surface area (Å²) in [5.74, 6) is 0.0625. The van der Waals surface area contributed by atoms with Crippen LogP contribution in [-0.4, -0.2) is 25.3 Å². The summed E-state index contributed by atoms with van der Waals surface area (Å²) >= 11 is 0. The van der Waals surface area contributed by atoms with Crippen molar-refractivity contribution in [2.24, 2.45) is 5.92 Å². The van der Waals surface area contributed by atoms with Gasteiger partial charge in [0.2, 0.25) is 0 Å². The summed E-state index contributed by atoms with van der Waals surface area (Å²) in [7, 11) is 1.46. The average molecular weight is 418 g/mol. The Morgan fingerprint density at radius 1 is 1.33 bits per heavy atom. The Kier molecular flexibility index (Phi) is 14.6. The van der Waals surface area contributed by atoms with Gasteiger partial charge >= 0.3 is 0 Å². The van der Waals surface area contributed by atoms with E-state index >= 15 is 0 Å². The number of halogens is 1. The molecule has 1 aromatic rings. The molecule has 0 saturated heterocycles. The van der Waals surface area contributed by atoms with Crippen molar-refractivity contribution in [3.05, 3.63) is 59.6 Å². The number of aromatic hydroxyl groups is 1. The number of benzene rings is 1. The summed E-state index contributed by atoms with van der Waals surface area (Å²) in [6, 6.07) is 2.97. The standard InChI is InChI=1S/C20H28FN3O2.C2H6.C2H2/c1-4-5-16(17-6-7-17)8-9-22-13-15-10-18(21)20(19(25)11-15)23-12-14(2)24-26-3;2*1-2/h4-5,8,10-11,17,22-25H,2,6-7,9,12-13H2,1,3H3;1-2H3;1-2H/b5-4-,16-8+;;. The molecule has 30 heavy (non-hydrogen) atoms. The van der Waals surface area contributed by atoms with Crippen molar-refractivity contribution in [2.45, 2.75) is 40.2 Å². The molecule has 4 N–H and O–H groups in total. The highest BCUT2D eigenvalue weighted by Gasteiger charge is 2.23. The van der Waals surface area contributed by atoms with Crippen molar-refractivity contribution in [1.29, 1.82) is 0 Å². The molecular formula is C24H36FN3O2. The lowest BCUT2D eigenvalue weighted by molar-refractivity contribution is 0.118. The minimum Gasteiger partial charge on any atom is -0.506 e. The third-order valence-electron chi connectivity index (χ3n) is 4.07. The first-order valence-corrected chi connectivity index (χ1v) is 10.1. The molecule has 1 fully saturated rings. The molecule has 0 amide bonds. The zero-order valence-corrected chi connectivity index (χ0v) is 18.6. The van der Waals surface area contributed by atoms with Crippen LogP contribution in [0, 0.1) is 24.6 Å². The summed E-state index contributed by atoms with van der Waals surface area (Å²) in [5.41, 5.74) is 5.17. The summed E-state index contributed by atoms with van der Waals surface area (Å²) in [6.07, 6.45) is 16.9. The predicted molar refractivity (Wildman–Crippen MR) is 124 cm³/mol. The quantitative estimate of drug-likeness (QED) is 0.136. The normalized spacial score (nSPS) is 13.0. The molecule has 0 aliphatic heterocycles. The van der Waals surface area contributed by atoms with Crippen LogP contribution in [0.4, 0.5) is 10.1 Å². The lowest BCUT2D eigenvalue weighted by Crippen LogP contribution is -2.18. The third kappa shape index (κ3) is 10.1. The fourth-order valence-electron chi connectivity index (χ4n) is 2.69. The van der Waals surface area contributed by atoms with Crippen molar-refractivity contribution in [3.63, 3.8) is 0 Å². The number of hydrogen-bond acceptors (Lipinski definition) is 5. The Morgan fingerprint density at radius 3 is 2.53 bits per heavy atom. The molecule has 0 spiro atoms. The van der Waals surface area contributed by atoms with E-state index in [1.165, 1.54) is 31.6 Å². The molecule has 0 bridgehead atoms. The number of phenolic OH excluding ortho intramolecular Hbond substituents is 1. The van der Waals surface area contributed by atoms with Gasteiger partial charge in [-0.3, -0.25) is 10.3 Å². The minimum atomic E-state index is -0.504. The highest BCUT2D eigenvalue weighted by Crippen LogP contribution is 2.36. The molecule has 0 unspecified atom stereocenters. The van der Waals surface area contributed by atoms with Crippen LogP contribution in [0.15, 0.2) is 48.2 Å². The Balaban J connectivity index is 0.00000198. The van der Waals surface area contributed by atoms with E-state index in [0.717, 1.165) is 0 Å². The van der Waals surface area contributed by atoms with Crippen molar-refractivity contribution in [2.75, 3.05) is 25.5 Å². The Morgan fingerprint density at radius 2 is 2.00 bits per heavy atom. The van der Waals surface area contributed by atoms with Crippen molar-refractivity contribution >= 4 is 5.69 Å². The fraction of sp³-hybridized carbons (Fsp3) is 0.417. The van der Waals surface area contributed by atoms with Gasteiger partial charge in [-0.25, -0.2) is 4.39 Å². The average Bonchev–Trinajstić information content (AvgIpc) is 3.58. The second-order valence-electron chi connectivity index (χ2n) is 6.34. The summed E-state index contributed by atoms with van der Waals surface area (Å²) in [4.78, 5) is 4.71. The summed E-state index contributed by atoms with van der Waals surface area (Å²) in [5, 5.41) is 16.1. The number of hydroxylamine groups is 1. The Labute approximate surface area is 181 Å². The first-order chi connectivity index (χ1) is 14.5. The zero-order valence-electron chi connectivity index (χ0n) is 18.6. The predicted octanol–water partition coefficient (Wildman–Crippen LogP) is 4.89. The molecule has 1 aliphatic carbocycles. The van der Waals surface area contributed by atoms with Gasteiger partial charge in [0.05, 0.1) is 13.7 Å². The third-order valence-corrected chi connectivity index (χ3v) is 4.07. The number of nitrogens with one attached hydrogen (secondary N) is 3. The molecule has 2 rings (SSSR count). The molecule has 0 atom stereocenters. The van der Waals surface area contributed by atoms with Gasteiger partial charge in [-0.15, -0.1) is 12.8 Å². The second kappa shape index (κ2) is 16.1. The maximum absolute atomic E-state index is 14.2. The molecule has 1 saturated carbocycles. The molecular weight excluding hydrogens is 381 g/mol. The number of allylic oxidation sites excluding steroid dienone is 3. The van der Waals surface area contributed by atoms with Crippen LogP contribution >= 0.6 is 0 Å². The van der Waals surface area contributed by atoms with Crippen LogP contribution in [-0.2, 0) is 11.4 Å². The van der Waals surface area contributed by atoms with Crippen molar-refractivity contribution < 1.29 is 14.3 Å². The smallest absolute Gasteiger partial charge is 0.150 e. The fourth-order valence-corrected chi connectivity index (χ4v) is 2.69. The van der Waals surface area contributed by atoms with Crippen molar-refractivity contribution in [3.8, 4) is 18.6 Å². The number of hydrogen-bond donors (Lipinski definition) is 4. The van der Waals surface area contributed by atoms with Crippen LogP contribution in [0.1, 0.15) is 39.2 Å². The molecule has 6 heteroatoms. The van der Waals surface area contributed by atoms with E-state index in [1.54, 1.807) is 6.07 Å². The Hall–Kier alpha value is -2.75. The summed E-state index contributed by atoms with van der Waals surface area (Å²) < 4.78 is 14.2. The van der Waals surface area contributed by atoms with Gasteiger partial charge in [-0.1, -0.05) is 38.7 Å². The van der Waals surface area contributed by atoms with Crippen molar-refractivity contribution in [1.82, 2.24) is 10.8 Å². The van der Waals surface area contributed by atoms with E-state index in [2.05, 4.69) is 53.8 Å². The van der Waals surface area contributed by atoms with Crippen LogP contribution in [0.2, 0.25) is 0 Å². The zero-order chi connectivity index (χ0) is 22.9. The van der Waals surface area contributed by atoms with E-state index in [1.807, 2.05) is 20.8 Å². The lowest BCUT2D eigenvalue weighted by atomic mass is 10.1. The second-order valence-corrected chi connectivity index (χ2v) is 6.34. The molecule has 5 nitrogen and oxygen atoms in total. The first-order valence-electron chi connectivity index (χ1n) is 10.1. The first kappa shape index (κ1) is 27.2. The Bertz CT molecular complexity index is 699. The van der Waals surface area contributed by atoms with E-state index in [-0.39, 0.29) is 18.0 Å². The minimum absolute atomic E-state index is 0.0526. The van der Waals surface area contributed by atoms with E-state index in [4.69, 9.17) is 4.84 Å². The highest BCUT2D eigenvalue weighted by molar-refractivity contribution is 5.58. The topological polar surface area (TPSA) is 65.5 Å². The number of rotatable bonds is 11. The molecule has 1 aromatic carbocycles. The maximum Gasteiger partial charge on any atom is 0.150 e. The van der Waals surface area contributed by atoms with Crippen LogP contribution in [0.5, 0.6) is 5.75 Å². The van der Waals surface area contributed by atoms with Gasteiger partial charge in [0, 0.05) is 18.8 Å². The molecule has 0 heterocycles.